The molecule has 2 aromatic carbocycles. The van der Waals surface area contributed by atoms with Gasteiger partial charge in [0.05, 0.1) is 17.7 Å². The minimum absolute atomic E-state index is 0.125. The molecule has 0 unspecified atom stereocenters. The number of carbonyl (C=O) groups is 1. The molecule has 0 aromatic heterocycles. The Morgan fingerprint density at radius 3 is 2.45 bits per heavy atom. The monoisotopic (exact) mass is 467 g/mol. The number of rotatable bonds is 8. The summed E-state index contributed by atoms with van der Waals surface area (Å²) in [7, 11) is -3.75. The molecule has 1 amide bonds. The Morgan fingerprint density at radius 1 is 1.15 bits per heavy atom. The fourth-order valence-electron chi connectivity index (χ4n) is 4.56. The van der Waals surface area contributed by atoms with E-state index in [0.717, 1.165) is 12.3 Å². The third kappa shape index (κ3) is 4.80. The summed E-state index contributed by atoms with van der Waals surface area (Å²) in [4.78, 5) is 12.5. The summed E-state index contributed by atoms with van der Waals surface area (Å²) in [6, 6.07) is 12.4. The second-order valence-electron chi connectivity index (χ2n) is 9.03. The van der Waals surface area contributed by atoms with Crippen LogP contribution >= 0.6 is 0 Å². The van der Waals surface area contributed by atoms with Crippen LogP contribution in [0.5, 0.6) is 5.75 Å². The van der Waals surface area contributed by atoms with E-state index in [4.69, 9.17) is 4.74 Å². The minimum Gasteiger partial charge on any atom is -0.494 e. The lowest BCUT2D eigenvalue weighted by Crippen LogP contribution is -2.48. The number of hydrazone groups is 1. The number of allylic oxidation sites excluding steroid dienone is 2. The first-order valence-corrected chi connectivity index (χ1v) is 12.6. The van der Waals surface area contributed by atoms with Crippen molar-refractivity contribution in [3.05, 3.63) is 65.7 Å². The van der Waals surface area contributed by atoms with Crippen molar-refractivity contribution in [3.8, 4) is 5.75 Å². The number of carbonyl (C=O) groups excluding carboxylic acids is 1. The fourth-order valence-corrected chi connectivity index (χ4v) is 5.62. The summed E-state index contributed by atoms with van der Waals surface area (Å²) in [6.45, 7) is 6.94. The average Bonchev–Trinajstić information content (AvgIpc) is 2.80. The van der Waals surface area contributed by atoms with Crippen LogP contribution in [0.15, 0.2) is 70.2 Å². The van der Waals surface area contributed by atoms with Gasteiger partial charge < -0.3 is 4.74 Å². The second-order valence-corrected chi connectivity index (χ2v) is 10.7. The quantitative estimate of drug-likeness (QED) is 0.438. The summed E-state index contributed by atoms with van der Waals surface area (Å²) < 4.78 is 33.1. The number of benzene rings is 2. The molecular formula is C25H29N3O4S. The van der Waals surface area contributed by atoms with Crippen LogP contribution < -0.4 is 14.9 Å². The maximum Gasteiger partial charge on any atom is 0.271 e. The molecule has 3 aliphatic rings. The van der Waals surface area contributed by atoms with E-state index in [-0.39, 0.29) is 10.8 Å². The molecule has 5 rings (SSSR count). The predicted octanol–water partition coefficient (Wildman–Crippen LogP) is 4.59. The van der Waals surface area contributed by atoms with Gasteiger partial charge in [0.2, 0.25) is 0 Å². The van der Waals surface area contributed by atoms with Gasteiger partial charge in [-0.25, -0.2) is 13.8 Å². The van der Waals surface area contributed by atoms with E-state index in [1.807, 2.05) is 6.92 Å². The number of fused-ring (bicyclic) bond motifs is 1. The van der Waals surface area contributed by atoms with Gasteiger partial charge in [0, 0.05) is 11.3 Å². The fraction of sp³-hybridized carbons (Fsp3) is 0.360. The number of nitrogens with zero attached hydrogens (tertiary/aromatic N) is 1. The standard InChI is InChI=1S/C25H29N3O4S/c1-4-32-21-11-13-22(14-12-21)33(30,31)28-20-9-6-17(7-10-20)24(29)27-26-16-18-5-8-19-15-23(18)25(19,2)3/h5-7,9-14,16,19,23,28H,4,8,15H2,1-3H3,(H,27,29)/b26-16-/t19-,23+/m1/s1. The highest BCUT2D eigenvalue weighted by atomic mass is 32.2. The largest absolute Gasteiger partial charge is 0.494 e. The van der Waals surface area contributed by atoms with Crippen LogP contribution in [0.4, 0.5) is 5.69 Å². The van der Waals surface area contributed by atoms with Crippen LogP contribution in [-0.2, 0) is 10.0 Å². The number of nitrogens with one attached hydrogen (secondary N) is 2. The maximum absolute atomic E-state index is 12.6. The first-order valence-electron chi connectivity index (χ1n) is 11.1. The van der Waals surface area contributed by atoms with Gasteiger partial charge in [-0.2, -0.15) is 5.10 Å². The summed E-state index contributed by atoms with van der Waals surface area (Å²) >= 11 is 0. The first kappa shape index (κ1) is 23.0. The van der Waals surface area contributed by atoms with Gasteiger partial charge >= 0.3 is 0 Å². The molecule has 33 heavy (non-hydrogen) atoms. The number of sulfonamides is 1. The molecule has 3 aliphatic carbocycles. The van der Waals surface area contributed by atoms with Crippen LogP contribution in [0.2, 0.25) is 0 Å². The maximum atomic E-state index is 12.6. The zero-order chi connectivity index (χ0) is 23.6. The molecule has 0 aliphatic heterocycles. The van der Waals surface area contributed by atoms with Crippen molar-refractivity contribution >= 4 is 27.8 Å². The zero-order valence-electron chi connectivity index (χ0n) is 19.0. The smallest absolute Gasteiger partial charge is 0.271 e. The second kappa shape index (κ2) is 9.02. The van der Waals surface area contributed by atoms with Crippen molar-refractivity contribution in [2.75, 3.05) is 11.3 Å². The molecule has 0 saturated heterocycles. The Morgan fingerprint density at radius 2 is 1.85 bits per heavy atom. The molecule has 8 heteroatoms. The average molecular weight is 468 g/mol. The van der Waals surface area contributed by atoms with Gasteiger partial charge in [-0.05, 0) is 91.1 Å². The van der Waals surface area contributed by atoms with Crippen molar-refractivity contribution in [1.82, 2.24) is 5.43 Å². The highest BCUT2D eigenvalue weighted by Crippen LogP contribution is 2.58. The number of hydrogen-bond acceptors (Lipinski definition) is 5. The predicted molar refractivity (Wildman–Crippen MR) is 129 cm³/mol. The van der Waals surface area contributed by atoms with Crippen LogP contribution in [0.3, 0.4) is 0 Å². The molecule has 1 saturated carbocycles. The van der Waals surface area contributed by atoms with Crippen molar-refractivity contribution < 1.29 is 17.9 Å². The van der Waals surface area contributed by atoms with Crippen LogP contribution in [-0.4, -0.2) is 27.1 Å². The number of ether oxygens (including phenoxy) is 1. The summed E-state index contributed by atoms with van der Waals surface area (Å²) in [5, 5.41) is 4.14. The Bertz CT molecular complexity index is 1180. The van der Waals surface area contributed by atoms with E-state index >= 15 is 0 Å². The van der Waals surface area contributed by atoms with Gasteiger partial charge in [-0.15, -0.1) is 0 Å². The van der Waals surface area contributed by atoms with Gasteiger partial charge in [-0.3, -0.25) is 9.52 Å². The lowest BCUT2D eigenvalue weighted by molar-refractivity contribution is -0.00126. The number of anilines is 1. The molecule has 2 aromatic rings. The van der Waals surface area contributed by atoms with Crippen molar-refractivity contribution in [2.45, 2.75) is 38.5 Å². The normalized spacial score (nSPS) is 21.1. The highest BCUT2D eigenvalue weighted by molar-refractivity contribution is 7.92. The van der Waals surface area contributed by atoms with E-state index in [0.29, 0.717) is 34.9 Å². The van der Waals surface area contributed by atoms with Crippen molar-refractivity contribution in [3.63, 3.8) is 0 Å². The van der Waals surface area contributed by atoms with Crippen molar-refractivity contribution in [1.29, 1.82) is 0 Å². The molecule has 7 nitrogen and oxygen atoms in total. The first-order chi connectivity index (χ1) is 15.7. The van der Waals surface area contributed by atoms with E-state index in [1.165, 1.54) is 24.1 Å². The number of amides is 1. The van der Waals surface area contributed by atoms with Crippen LogP contribution in [0.1, 0.15) is 44.0 Å². The molecule has 1 fully saturated rings. The van der Waals surface area contributed by atoms with Crippen LogP contribution in [0.25, 0.3) is 0 Å². The van der Waals surface area contributed by atoms with Gasteiger partial charge in [0.15, 0.2) is 0 Å². The third-order valence-corrected chi connectivity index (χ3v) is 8.13. The Labute approximate surface area is 195 Å². The topological polar surface area (TPSA) is 96.9 Å². The molecule has 174 valence electrons. The summed E-state index contributed by atoms with van der Waals surface area (Å²) in [5.74, 6) is 1.50. The SMILES string of the molecule is CCOc1ccc(S(=O)(=O)Nc2ccc(C(=O)N/N=C\C3=CC[C@@H]4C[C@@H]3C4(C)C)cc2)cc1. The molecule has 0 heterocycles. The third-order valence-electron chi connectivity index (χ3n) is 6.74. The highest BCUT2D eigenvalue weighted by Gasteiger charge is 2.50. The molecule has 2 bridgehead atoms. The van der Waals surface area contributed by atoms with E-state index < -0.39 is 10.0 Å². The minimum atomic E-state index is -3.75. The van der Waals surface area contributed by atoms with Crippen LogP contribution in [0, 0.1) is 17.3 Å². The molecular weight excluding hydrogens is 438 g/mol. The molecule has 2 N–H and O–H groups in total. The van der Waals surface area contributed by atoms with E-state index in [2.05, 4.69) is 35.2 Å². The van der Waals surface area contributed by atoms with Gasteiger partial charge in [0.1, 0.15) is 5.75 Å². The Hall–Kier alpha value is -3.13. The Kier molecular flexibility index (Phi) is 6.30. The molecule has 0 spiro atoms. The van der Waals surface area contributed by atoms with Crippen molar-refractivity contribution in [2.24, 2.45) is 22.4 Å². The zero-order valence-corrected chi connectivity index (χ0v) is 19.9. The Balaban J connectivity index is 1.35. The summed E-state index contributed by atoms with van der Waals surface area (Å²) in [6.07, 6.45) is 6.21. The van der Waals surface area contributed by atoms with Gasteiger partial charge in [-0.1, -0.05) is 19.9 Å². The van der Waals surface area contributed by atoms with E-state index in [9.17, 15) is 13.2 Å². The molecule has 0 radical (unpaired) electrons. The van der Waals surface area contributed by atoms with E-state index in [1.54, 1.807) is 42.6 Å². The summed E-state index contributed by atoms with van der Waals surface area (Å²) in [5.41, 5.74) is 4.79. The lowest BCUT2D eigenvalue weighted by atomic mass is 9.49. The molecule has 2 atom stereocenters. The number of hydrogen-bond donors (Lipinski definition) is 2. The lowest BCUT2D eigenvalue weighted by Gasteiger charge is -2.55. The van der Waals surface area contributed by atoms with Gasteiger partial charge in [0.25, 0.3) is 15.9 Å².